The SMILES string of the molecule is COc1ccc([C@@H]2c3c(ccc4ccccc34)Oc3ncn4nc(COc5ccc6ccccc6c5)nc4c32)cc1. The molecule has 0 spiro atoms. The van der Waals surface area contributed by atoms with E-state index in [0.717, 1.165) is 50.1 Å². The van der Waals surface area contributed by atoms with Crippen molar-refractivity contribution in [3.63, 3.8) is 0 Å². The number of benzene rings is 5. The topological polar surface area (TPSA) is 70.8 Å². The molecule has 5 aromatic carbocycles. The van der Waals surface area contributed by atoms with Crippen molar-refractivity contribution in [2.45, 2.75) is 12.5 Å². The fourth-order valence-corrected chi connectivity index (χ4v) is 5.74. The molecule has 0 saturated heterocycles. The summed E-state index contributed by atoms with van der Waals surface area (Å²) in [5.41, 5.74) is 3.71. The molecule has 41 heavy (non-hydrogen) atoms. The van der Waals surface area contributed by atoms with Crippen LogP contribution in [0.15, 0.2) is 109 Å². The van der Waals surface area contributed by atoms with Gasteiger partial charge >= 0.3 is 0 Å². The molecule has 7 nitrogen and oxygen atoms in total. The number of ether oxygens (including phenoxy) is 3. The van der Waals surface area contributed by atoms with Crippen molar-refractivity contribution >= 4 is 27.2 Å². The number of methoxy groups -OCH3 is 1. The molecule has 0 unspecified atom stereocenters. The average Bonchev–Trinajstić information content (AvgIpc) is 3.46. The summed E-state index contributed by atoms with van der Waals surface area (Å²) >= 11 is 0. The third-order valence-corrected chi connectivity index (χ3v) is 7.68. The molecule has 7 aromatic rings. The first-order valence-corrected chi connectivity index (χ1v) is 13.4. The standard InChI is InChI=1S/C34H24N4O3/c1-39-25-14-11-23(12-15-25)30-31-27-9-5-4-7-22(27)13-17-28(31)41-34-32(30)33-36-29(37-38(33)20-35-34)19-40-26-16-10-21-6-2-3-8-24(21)18-26/h2-18,20,30H,19H2,1H3/t30-/m1/s1. The van der Waals surface area contributed by atoms with Crippen LogP contribution in [0.1, 0.15) is 28.4 Å². The number of hydrogen-bond donors (Lipinski definition) is 0. The van der Waals surface area contributed by atoms with Crippen molar-refractivity contribution in [1.29, 1.82) is 0 Å². The van der Waals surface area contributed by atoms with Crippen LogP contribution in [0.25, 0.3) is 27.2 Å². The Morgan fingerprint density at radius 3 is 2.39 bits per heavy atom. The number of nitrogens with zero attached hydrogens (tertiary/aromatic N) is 4. The monoisotopic (exact) mass is 536 g/mol. The van der Waals surface area contributed by atoms with E-state index in [1.54, 1.807) is 18.0 Å². The van der Waals surface area contributed by atoms with Crippen molar-refractivity contribution < 1.29 is 14.2 Å². The van der Waals surface area contributed by atoms with Crippen LogP contribution in [-0.4, -0.2) is 26.7 Å². The molecule has 1 aliphatic heterocycles. The molecule has 0 radical (unpaired) electrons. The van der Waals surface area contributed by atoms with Crippen molar-refractivity contribution in [2.75, 3.05) is 7.11 Å². The van der Waals surface area contributed by atoms with Crippen LogP contribution in [0.2, 0.25) is 0 Å². The first kappa shape index (κ1) is 23.5. The van der Waals surface area contributed by atoms with Crippen LogP contribution in [0, 0.1) is 0 Å². The minimum absolute atomic E-state index is 0.180. The molecule has 0 N–H and O–H groups in total. The summed E-state index contributed by atoms with van der Waals surface area (Å²) in [6.07, 6.45) is 1.65. The van der Waals surface area contributed by atoms with Crippen molar-refractivity contribution in [2.24, 2.45) is 0 Å². The van der Waals surface area contributed by atoms with Gasteiger partial charge in [-0.3, -0.25) is 0 Å². The maximum atomic E-state index is 6.42. The van der Waals surface area contributed by atoms with Gasteiger partial charge in [-0.25, -0.2) is 14.5 Å². The van der Waals surface area contributed by atoms with E-state index < -0.39 is 0 Å². The van der Waals surface area contributed by atoms with Gasteiger partial charge in [0, 0.05) is 11.5 Å². The highest BCUT2D eigenvalue weighted by molar-refractivity contribution is 5.91. The second-order valence-corrected chi connectivity index (χ2v) is 10.1. The molecule has 0 aliphatic carbocycles. The van der Waals surface area contributed by atoms with Gasteiger partial charge in [0.2, 0.25) is 5.88 Å². The van der Waals surface area contributed by atoms with E-state index in [1.165, 1.54) is 5.39 Å². The third kappa shape index (κ3) is 3.93. The molecule has 8 rings (SSSR count). The minimum atomic E-state index is -0.180. The molecule has 7 heteroatoms. The Labute approximate surface area is 235 Å². The third-order valence-electron chi connectivity index (χ3n) is 7.68. The lowest BCUT2D eigenvalue weighted by Gasteiger charge is -2.29. The second-order valence-electron chi connectivity index (χ2n) is 10.1. The van der Waals surface area contributed by atoms with Gasteiger partial charge in [0.05, 0.1) is 12.7 Å². The fraction of sp³-hybridized carbons (Fsp3) is 0.0882. The van der Waals surface area contributed by atoms with E-state index >= 15 is 0 Å². The van der Waals surface area contributed by atoms with Crippen LogP contribution in [0.5, 0.6) is 23.1 Å². The predicted octanol–water partition coefficient (Wildman–Crippen LogP) is 7.30. The number of fused-ring (bicyclic) bond motifs is 7. The van der Waals surface area contributed by atoms with E-state index in [4.69, 9.17) is 24.3 Å². The van der Waals surface area contributed by atoms with Crippen LogP contribution in [0.3, 0.4) is 0 Å². The molecule has 0 saturated carbocycles. The zero-order valence-electron chi connectivity index (χ0n) is 22.2. The van der Waals surface area contributed by atoms with Gasteiger partial charge in [-0.1, -0.05) is 72.8 Å². The lowest BCUT2D eigenvalue weighted by atomic mass is 9.81. The Bertz CT molecular complexity index is 2090. The van der Waals surface area contributed by atoms with Gasteiger partial charge in [0.1, 0.15) is 30.2 Å². The molecule has 1 atom stereocenters. The Morgan fingerprint density at radius 1 is 0.780 bits per heavy atom. The fourth-order valence-electron chi connectivity index (χ4n) is 5.74. The first-order chi connectivity index (χ1) is 20.2. The van der Waals surface area contributed by atoms with Gasteiger partial charge in [-0.15, -0.1) is 5.10 Å². The number of aromatic nitrogens is 4. The van der Waals surface area contributed by atoms with Crippen LogP contribution in [-0.2, 0) is 6.61 Å². The number of hydrogen-bond acceptors (Lipinski definition) is 6. The largest absolute Gasteiger partial charge is 0.497 e. The van der Waals surface area contributed by atoms with Crippen LogP contribution >= 0.6 is 0 Å². The minimum Gasteiger partial charge on any atom is -0.497 e. The Hall–Kier alpha value is -5.43. The second kappa shape index (κ2) is 9.34. The Kier molecular flexibility index (Phi) is 5.35. The average molecular weight is 537 g/mol. The summed E-state index contributed by atoms with van der Waals surface area (Å²) in [6, 6.07) is 34.9. The summed E-state index contributed by atoms with van der Waals surface area (Å²) in [7, 11) is 1.67. The molecule has 2 aromatic heterocycles. The van der Waals surface area contributed by atoms with E-state index in [1.807, 2.05) is 42.5 Å². The molecule has 0 fully saturated rings. The summed E-state index contributed by atoms with van der Waals surface area (Å²) in [5.74, 6) is 3.25. The van der Waals surface area contributed by atoms with E-state index in [9.17, 15) is 0 Å². The quantitative estimate of drug-likeness (QED) is 0.230. The van der Waals surface area contributed by atoms with E-state index in [0.29, 0.717) is 17.4 Å². The van der Waals surface area contributed by atoms with Crippen molar-refractivity contribution in [3.8, 4) is 23.1 Å². The predicted molar refractivity (Wildman–Crippen MR) is 157 cm³/mol. The van der Waals surface area contributed by atoms with Gasteiger partial charge < -0.3 is 14.2 Å². The van der Waals surface area contributed by atoms with Crippen LogP contribution < -0.4 is 14.2 Å². The number of rotatable bonds is 5. The Balaban J connectivity index is 1.25. The molecule has 0 bridgehead atoms. The zero-order valence-corrected chi connectivity index (χ0v) is 22.2. The summed E-state index contributed by atoms with van der Waals surface area (Å²) < 4.78 is 19.7. The molecule has 3 heterocycles. The van der Waals surface area contributed by atoms with Gasteiger partial charge in [0.25, 0.3) is 0 Å². The van der Waals surface area contributed by atoms with Gasteiger partial charge in [-0.05, 0) is 57.4 Å². The van der Waals surface area contributed by atoms with Crippen molar-refractivity contribution in [1.82, 2.24) is 19.6 Å². The zero-order chi connectivity index (χ0) is 27.3. The van der Waals surface area contributed by atoms with Crippen LogP contribution in [0.4, 0.5) is 0 Å². The van der Waals surface area contributed by atoms with Gasteiger partial charge in [0.15, 0.2) is 11.5 Å². The van der Waals surface area contributed by atoms with E-state index in [-0.39, 0.29) is 12.5 Å². The lowest BCUT2D eigenvalue weighted by Crippen LogP contribution is -2.15. The normalized spacial score (nSPS) is 14.0. The summed E-state index contributed by atoms with van der Waals surface area (Å²) in [4.78, 5) is 9.62. The highest BCUT2D eigenvalue weighted by Gasteiger charge is 2.34. The molecule has 198 valence electrons. The molecule has 1 aliphatic rings. The molecular formula is C34H24N4O3. The maximum absolute atomic E-state index is 6.42. The van der Waals surface area contributed by atoms with E-state index in [2.05, 4.69) is 65.6 Å². The van der Waals surface area contributed by atoms with Gasteiger partial charge in [-0.2, -0.15) is 0 Å². The maximum Gasteiger partial charge on any atom is 0.228 e. The summed E-state index contributed by atoms with van der Waals surface area (Å²) in [5, 5.41) is 9.27. The van der Waals surface area contributed by atoms with Crippen molar-refractivity contribution in [3.05, 3.63) is 132 Å². The smallest absolute Gasteiger partial charge is 0.228 e. The first-order valence-electron chi connectivity index (χ1n) is 13.4. The lowest BCUT2D eigenvalue weighted by molar-refractivity contribution is 0.296. The summed E-state index contributed by atoms with van der Waals surface area (Å²) in [6.45, 7) is 0.225. The Morgan fingerprint density at radius 2 is 1.54 bits per heavy atom. The highest BCUT2D eigenvalue weighted by Crippen LogP contribution is 2.50. The molecule has 0 amide bonds. The highest BCUT2D eigenvalue weighted by atomic mass is 16.5. The molecular weight excluding hydrogens is 512 g/mol.